The molecule has 0 aliphatic heterocycles. The SMILES string of the molecule is CCc1cc(=O)c2cc(NC(=O)[C@H]3C[C@@H]3c3cccc(Cl)c3Cl)ccc2[nH]1. The van der Waals surface area contributed by atoms with Crippen molar-refractivity contribution in [2.45, 2.75) is 25.7 Å². The summed E-state index contributed by atoms with van der Waals surface area (Å²) in [5.74, 6) is -0.137. The first-order valence-electron chi connectivity index (χ1n) is 8.88. The predicted octanol–water partition coefficient (Wildman–Crippen LogP) is 5.14. The summed E-state index contributed by atoms with van der Waals surface area (Å²) >= 11 is 12.3. The largest absolute Gasteiger partial charge is 0.358 e. The van der Waals surface area contributed by atoms with Gasteiger partial charge in [-0.15, -0.1) is 0 Å². The Hall–Kier alpha value is -2.30. The lowest BCUT2D eigenvalue weighted by atomic mass is 10.1. The number of carbonyl (C=O) groups is 1. The lowest BCUT2D eigenvalue weighted by Crippen LogP contribution is -2.15. The number of halogens is 2. The van der Waals surface area contributed by atoms with Crippen LogP contribution < -0.4 is 10.7 Å². The normalized spacial score (nSPS) is 18.5. The molecule has 0 spiro atoms. The van der Waals surface area contributed by atoms with Crippen molar-refractivity contribution in [2.75, 3.05) is 5.32 Å². The fourth-order valence-corrected chi connectivity index (χ4v) is 3.89. The Morgan fingerprint density at radius 3 is 2.81 bits per heavy atom. The summed E-state index contributed by atoms with van der Waals surface area (Å²) in [5.41, 5.74) is 3.14. The Bertz CT molecular complexity index is 1110. The fraction of sp³-hybridized carbons (Fsp3) is 0.238. The van der Waals surface area contributed by atoms with Crippen LogP contribution in [0, 0.1) is 5.92 Å². The minimum absolute atomic E-state index is 0.0493. The first-order valence-corrected chi connectivity index (χ1v) is 9.64. The number of amides is 1. The number of aromatic amines is 1. The molecular weight excluding hydrogens is 383 g/mol. The van der Waals surface area contributed by atoms with Gasteiger partial charge in [0.2, 0.25) is 5.91 Å². The molecule has 3 aromatic rings. The van der Waals surface area contributed by atoms with Gasteiger partial charge in [-0.25, -0.2) is 0 Å². The summed E-state index contributed by atoms with van der Waals surface area (Å²) in [5, 5.41) is 4.50. The van der Waals surface area contributed by atoms with E-state index in [4.69, 9.17) is 23.2 Å². The van der Waals surface area contributed by atoms with Gasteiger partial charge >= 0.3 is 0 Å². The van der Waals surface area contributed by atoms with Crippen molar-refractivity contribution in [3.63, 3.8) is 0 Å². The van der Waals surface area contributed by atoms with Gasteiger partial charge in [-0.3, -0.25) is 9.59 Å². The second-order valence-electron chi connectivity index (χ2n) is 6.85. The van der Waals surface area contributed by atoms with Crippen molar-refractivity contribution < 1.29 is 4.79 Å². The summed E-state index contributed by atoms with van der Waals surface area (Å²) in [6, 6.07) is 12.4. The van der Waals surface area contributed by atoms with Crippen LogP contribution in [0.1, 0.15) is 30.5 Å². The van der Waals surface area contributed by atoms with E-state index in [1.807, 2.05) is 25.1 Å². The van der Waals surface area contributed by atoms with E-state index in [1.54, 1.807) is 24.3 Å². The fourth-order valence-electron chi connectivity index (χ4n) is 3.44. The molecule has 2 atom stereocenters. The zero-order chi connectivity index (χ0) is 19.1. The van der Waals surface area contributed by atoms with Gasteiger partial charge in [0.05, 0.1) is 10.0 Å². The minimum atomic E-state index is -0.141. The summed E-state index contributed by atoms with van der Waals surface area (Å²) in [4.78, 5) is 28.1. The van der Waals surface area contributed by atoms with Gasteiger partial charge in [0.1, 0.15) is 0 Å². The molecule has 1 saturated carbocycles. The average molecular weight is 401 g/mol. The topological polar surface area (TPSA) is 62.0 Å². The van der Waals surface area contributed by atoms with Crippen LogP contribution in [-0.4, -0.2) is 10.9 Å². The van der Waals surface area contributed by atoms with E-state index in [2.05, 4.69) is 10.3 Å². The number of hydrogen-bond acceptors (Lipinski definition) is 2. The Labute approximate surface area is 166 Å². The number of fused-ring (bicyclic) bond motifs is 1. The lowest BCUT2D eigenvalue weighted by molar-refractivity contribution is -0.117. The number of nitrogens with one attached hydrogen (secondary N) is 2. The molecular formula is C21H18Cl2N2O2. The number of H-pyrrole nitrogens is 1. The van der Waals surface area contributed by atoms with Crippen molar-refractivity contribution in [2.24, 2.45) is 5.92 Å². The zero-order valence-corrected chi connectivity index (χ0v) is 16.2. The Kier molecular flexibility index (Phi) is 4.70. The molecule has 27 heavy (non-hydrogen) atoms. The van der Waals surface area contributed by atoms with Gasteiger partial charge in [0, 0.05) is 34.3 Å². The number of carbonyl (C=O) groups excluding carboxylic acids is 1. The zero-order valence-electron chi connectivity index (χ0n) is 14.7. The molecule has 1 fully saturated rings. The van der Waals surface area contributed by atoms with Gasteiger partial charge in [-0.1, -0.05) is 42.3 Å². The molecule has 0 unspecified atom stereocenters. The highest BCUT2D eigenvalue weighted by molar-refractivity contribution is 6.42. The second-order valence-corrected chi connectivity index (χ2v) is 7.64. The van der Waals surface area contributed by atoms with E-state index < -0.39 is 0 Å². The highest BCUT2D eigenvalue weighted by Crippen LogP contribution is 2.51. The van der Waals surface area contributed by atoms with Gasteiger partial charge < -0.3 is 10.3 Å². The molecule has 138 valence electrons. The third kappa shape index (κ3) is 3.47. The number of aromatic nitrogens is 1. The van der Waals surface area contributed by atoms with Crippen molar-refractivity contribution in [1.82, 2.24) is 4.98 Å². The molecule has 1 aliphatic rings. The minimum Gasteiger partial charge on any atom is -0.358 e. The summed E-state index contributed by atoms with van der Waals surface area (Å²) in [6.07, 6.45) is 1.50. The Balaban J connectivity index is 1.53. The standard InChI is InChI=1S/C21H18Cl2N2O2/c1-2-11-9-19(26)16-8-12(6-7-18(16)24-11)25-21(27)15-10-14(15)13-4-3-5-17(22)20(13)23/h3-9,14-15H,2,10H2,1H3,(H,24,26)(H,25,27)/t14-,15+/m1/s1. The summed E-state index contributed by atoms with van der Waals surface area (Å²) in [7, 11) is 0. The number of hydrogen-bond donors (Lipinski definition) is 2. The highest BCUT2D eigenvalue weighted by atomic mass is 35.5. The van der Waals surface area contributed by atoms with Crippen molar-refractivity contribution >= 4 is 45.7 Å². The van der Waals surface area contributed by atoms with Gasteiger partial charge in [0.15, 0.2) is 5.43 Å². The molecule has 2 N–H and O–H groups in total. The number of aryl methyl sites for hydroxylation is 1. The summed E-state index contributed by atoms with van der Waals surface area (Å²) in [6.45, 7) is 1.99. The first kappa shape index (κ1) is 18.1. The first-order chi connectivity index (χ1) is 13.0. The van der Waals surface area contributed by atoms with Gasteiger partial charge in [-0.2, -0.15) is 0 Å². The molecule has 0 radical (unpaired) electrons. The van der Waals surface area contributed by atoms with Crippen LogP contribution in [-0.2, 0) is 11.2 Å². The second kappa shape index (κ2) is 7.02. The molecule has 0 saturated heterocycles. The third-order valence-electron chi connectivity index (χ3n) is 5.04. The van der Waals surface area contributed by atoms with Crippen molar-refractivity contribution in [3.8, 4) is 0 Å². The van der Waals surface area contributed by atoms with E-state index >= 15 is 0 Å². The van der Waals surface area contributed by atoms with Crippen molar-refractivity contribution in [1.29, 1.82) is 0 Å². The van der Waals surface area contributed by atoms with Gasteiger partial charge in [0.25, 0.3) is 0 Å². The van der Waals surface area contributed by atoms with Crippen LogP contribution in [0.2, 0.25) is 10.0 Å². The Morgan fingerprint density at radius 1 is 1.22 bits per heavy atom. The quantitative estimate of drug-likeness (QED) is 0.636. The van der Waals surface area contributed by atoms with Crippen LogP contribution >= 0.6 is 23.2 Å². The molecule has 2 aromatic carbocycles. The maximum atomic E-state index is 12.6. The van der Waals surface area contributed by atoms with Crippen LogP contribution in [0.4, 0.5) is 5.69 Å². The number of benzene rings is 2. The Morgan fingerprint density at radius 2 is 2.04 bits per heavy atom. The van der Waals surface area contributed by atoms with Crippen LogP contribution in [0.5, 0.6) is 0 Å². The number of rotatable bonds is 4. The molecule has 1 heterocycles. The van der Waals surface area contributed by atoms with Gasteiger partial charge in [-0.05, 0) is 48.6 Å². The van der Waals surface area contributed by atoms with Crippen LogP contribution in [0.3, 0.4) is 0 Å². The summed E-state index contributed by atoms with van der Waals surface area (Å²) < 4.78 is 0. The smallest absolute Gasteiger partial charge is 0.228 e. The van der Waals surface area contributed by atoms with Crippen molar-refractivity contribution in [3.05, 3.63) is 74.0 Å². The third-order valence-corrected chi connectivity index (χ3v) is 5.88. The average Bonchev–Trinajstić information content (AvgIpc) is 3.45. The monoisotopic (exact) mass is 400 g/mol. The maximum absolute atomic E-state index is 12.6. The molecule has 1 amide bonds. The molecule has 4 nitrogen and oxygen atoms in total. The highest BCUT2D eigenvalue weighted by Gasteiger charge is 2.45. The number of pyridine rings is 1. The van der Waals surface area contributed by atoms with E-state index in [9.17, 15) is 9.59 Å². The van der Waals surface area contributed by atoms with E-state index in [0.717, 1.165) is 29.6 Å². The maximum Gasteiger partial charge on any atom is 0.228 e. The van der Waals surface area contributed by atoms with E-state index in [-0.39, 0.29) is 23.2 Å². The molecule has 4 rings (SSSR count). The van der Waals surface area contributed by atoms with Crippen LogP contribution in [0.15, 0.2) is 47.3 Å². The predicted molar refractivity (Wildman–Crippen MR) is 110 cm³/mol. The molecule has 1 aliphatic carbocycles. The van der Waals surface area contributed by atoms with Crippen LogP contribution in [0.25, 0.3) is 10.9 Å². The molecule has 1 aromatic heterocycles. The van der Waals surface area contributed by atoms with E-state index in [0.29, 0.717) is 21.1 Å². The molecule has 6 heteroatoms. The molecule has 0 bridgehead atoms. The van der Waals surface area contributed by atoms with E-state index in [1.165, 1.54) is 0 Å². The number of anilines is 1. The lowest BCUT2D eigenvalue weighted by Gasteiger charge is -2.08.